The van der Waals surface area contributed by atoms with Crippen LogP contribution in [0.4, 0.5) is 16.2 Å². The van der Waals surface area contributed by atoms with Crippen molar-refractivity contribution in [3.8, 4) is 0 Å². The minimum Gasteiger partial charge on any atom is -0.312 e. The minimum absolute atomic E-state index is 0.0343. The van der Waals surface area contributed by atoms with Gasteiger partial charge in [0.25, 0.3) is 10.0 Å². The van der Waals surface area contributed by atoms with E-state index in [0.717, 1.165) is 5.56 Å². The molecule has 1 aliphatic heterocycles. The van der Waals surface area contributed by atoms with Crippen LogP contribution in [0.15, 0.2) is 47.4 Å². The third kappa shape index (κ3) is 3.81. The molecular formula is C17H16ClN3O4S. The summed E-state index contributed by atoms with van der Waals surface area (Å²) in [7, 11) is -4.04. The van der Waals surface area contributed by atoms with E-state index in [0.29, 0.717) is 29.4 Å². The van der Waals surface area contributed by atoms with E-state index < -0.39 is 16.1 Å². The highest BCUT2D eigenvalue weighted by Crippen LogP contribution is 2.30. The average molecular weight is 394 g/mol. The first-order valence-electron chi connectivity index (χ1n) is 7.77. The first-order valence-corrected chi connectivity index (χ1v) is 9.63. The summed E-state index contributed by atoms with van der Waals surface area (Å²) >= 11 is 5.76. The van der Waals surface area contributed by atoms with Gasteiger partial charge in [0.1, 0.15) is 0 Å². The number of benzene rings is 2. The van der Waals surface area contributed by atoms with E-state index in [-0.39, 0.29) is 10.8 Å². The highest BCUT2D eigenvalue weighted by molar-refractivity contribution is 7.90. The Hall–Kier alpha value is -2.58. The molecule has 26 heavy (non-hydrogen) atoms. The fourth-order valence-corrected chi connectivity index (χ4v) is 3.83. The average Bonchev–Trinajstić information content (AvgIpc) is 3.00. The zero-order valence-electron chi connectivity index (χ0n) is 13.8. The van der Waals surface area contributed by atoms with Crippen molar-refractivity contribution in [2.45, 2.75) is 18.2 Å². The van der Waals surface area contributed by atoms with Crippen LogP contribution in [0.5, 0.6) is 0 Å². The second-order valence-corrected chi connectivity index (χ2v) is 7.90. The largest absolute Gasteiger partial charge is 0.333 e. The monoisotopic (exact) mass is 393 g/mol. The number of anilines is 2. The van der Waals surface area contributed by atoms with Crippen molar-refractivity contribution in [2.24, 2.45) is 0 Å². The number of hydrogen-bond donors (Lipinski definition) is 2. The summed E-state index contributed by atoms with van der Waals surface area (Å²) in [6.07, 6.45) is 0.565. The molecule has 0 spiro atoms. The minimum atomic E-state index is -4.04. The summed E-state index contributed by atoms with van der Waals surface area (Å²) < 4.78 is 26.8. The molecule has 136 valence electrons. The Labute approximate surface area is 156 Å². The number of nitrogens with one attached hydrogen (secondary N) is 2. The Morgan fingerprint density at radius 2 is 1.81 bits per heavy atom. The van der Waals surface area contributed by atoms with Crippen LogP contribution in [-0.2, 0) is 21.2 Å². The number of urea groups is 1. The van der Waals surface area contributed by atoms with Gasteiger partial charge in [0.05, 0.1) is 4.90 Å². The van der Waals surface area contributed by atoms with Gasteiger partial charge < -0.3 is 10.2 Å². The molecule has 0 unspecified atom stereocenters. The number of sulfonamides is 1. The summed E-state index contributed by atoms with van der Waals surface area (Å²) in [6.45, 7) is 1.97. The van der Waals surface area contributed by atoms with E-state index in [1.807, 2.05) is 4.72 Å². The number of halogens is 1. The predicted octanol–water partition coefficient (Wildman–Crippen LogP) is 2.76. The van der Waals surface area contributed by atoms with Crippen LogP contribution in [0.2, 0.25) is 5.02 Å². The molecule has 0 aromatic heterocycles. The van der Waals surface area contributed by atoms with Crippen LogP contribution in [-0.4, -0.2) is 26.9 Å². The maximum atomic E-state index is 12.4. The van der Waals surface area contributed by atoms with Gasteiger partial charge in [0.15, 0.2) is 0 Å². The molecule has 2 aromatic carbocycles. The van der Waals surface area contributed by atoms with Gasteiger partial charge in [-0.3, -0.25) is 4.79 Å². The number of hydrogen-bond acceptors (Lipinski definition) is 4. The molecule has 1 aliphatic rings. The van der Waals surface area contributed by atoms with E-state index in [4.69, 9.17) is 11.6 Å². The van der Waals surface area contributed by atoms with Crippen molar-refractivity contribution in [2.75, 3.05) is 16.8 Å². The number of amides is 3. The molecule has 0 saturated heterocycles. The molecule has 1 heterocycles. The molecule has 3 amide bonds. The van der Waals surface area contributed by atoms with Crippen LogP contribution in [0.1, 0.15) is 12.5 Å². The zero-order valence-corrected chi connectivity index (χ0v) is 15.4. The molecule has 0 atom stereocenters. The second-order valence-electron chi connectivity index (χ2n) is 5.78. The Morgan fingerprint density at radius 3 is 2.46 bits per heavy atom. The fourth-order valence-electron chi connectivity index (χ4n) is 2.74. The summed E-state index contributed by atoms with van der Waals surface area (Å²) in [5.41, 5.74) is 1.86. The van der Waals surface area contributed by atoms with Crippen molar-refractivity contribution in [1.82, 2.24) is 4.72 Å². The third-order valence-corrected chi connectivity index (χ3v) is 5.55. The molecule has 9 heteroatoms. The topological polar surface area (TPSA) is 95.6 Å². The molecular weight excluding hydrogens is 378 g/mol. The molecule has 2 N–H and O–H groups in total. The first-order chi connectivity index (χ1) is 12.3. The highest BCUT2D eigenvalue weighted by Gasteiger charge is 2.25. The number of fused-ring (bicyclic) bond motifs is 1. The van der Waals surface area contributed by atoms with Crippen molar-refractivity contribution >= 4 is 44.9 Å². The van der Waals surface area contributed by atoms with Gasteiger partial charge in [-0.2, -0.15) is 0 Å². The van der Waals surface area contributed by atoms with Gasteiger partial charge in [-0.05, 0) is 54.4 Å². The van der Waals surface area contributed by atoms with E-state index in [1.165, 1.54) is 19.1 Å². The quantitative estimate of drug-likeness (QED) is 0.838. The lowest BCUT2D eigenvalue weighted by Gasteiger charge is -2.15. The predicted molar refractivity (Wildman–Crippen MR) is 99.0 cm³/mol. The molecule has 0 bridgehead atoms. The standard InChI is InChI=1S/C17H16ClN3O4S/c1-11(22)21-9-8-12-10-15(6-7-16(12)21)26(24,25)20-17(23)19-14-4-2-13(18)3-5-14/h2-7,10H,8-9H2,1H3,(H2,19,20,23). The number of carbonyl (C=O) groups excluding carboxylic acids is 2. The maximum absolute atomic E-state index is 12.4. The molecule has 3 rings (SSSR count). The number of carbonyl (C=O) groups is 2. The zero-order chi connectivity index (χ0) is 18.9. The Balaban J connectivity index is 1.75. The van der Waals surface area contributed by atoms with Crippen LogP contribution < -0.4 is 14.9 Å². The van der Waals surface area contributed by atoms with Gasteiger partial charge in [-0.25, -0.2) is 17.9 Å². The summed E-state index contributed by atoms with van der Waals surface area (Å²) in [6, 6.07) is 9.82. The second kappa shape index (κ2) is 6.97. The summed E-state index contributed by atoms with van der Waals surface area (Å²) in [5.74, 6) is -0.0974. The van der Waals surface area contributed by atoms with Crippen LogP contribution in [0, 0.1) is 0 Å². The van der Waals surface area contributed by atoms with Crippen LogP contribution >= 0.6 is 11.6 Å². The molecule has 0 radical (unpaired) electrons. The van der Waals surface area contributed by atoms with Crippen LogP contribution in [0.25, 0.3) is 0 Å². The Bertz CT molecular complexity index is 974. The number of nitrogens with zero attached hydrogens (tertiary/aromatic N) is 1. The molecule has 7 nitrogen and oxygen atoms in total. The molecule has 0 aliphatic carbocycles. The van der Waals surface area contributed by atoms with Gasteiger partial charge in [-0.15, -0.1) is 0 Å². The highest BCUT2D eigenvalue weighted by atomic mass is 35.5. The Kier molecular flexibility index (Phi) is 4.88. The van der Waals surface area contributed by atoms with Crippen molar-refractivity contribution in [3.63, 3.8) is 0 Å². The first kappa shape index (κ1) is 18.2. The van der Waals surface area contributed by atoms with Crippen molar-refractivity contribution in [3.05, 3.63) is 53.1 Å². The van der Waals surface area contributed by atoms with Crippen molar-refractivity contribution in [1.29, 1.82) is 0 Å². The molecule has 0 fully saturated rings. The van der Waals surface area contributed by atoms with Gasteiger partial charge >= 0.3 is 6.03 Å². The molecule has 2 aromatic rings. The lowest BCUT2D eigenvalue weighted by Crippen LogP contribution is -2.34. The normalized spacial score (nSPS) is 13.2. The summed E-state index contributed by atoms with van der Waals surface area (Å²) in [4.78, 5) is 25.1. The van der Waals surface area contributed by atoms with E-state index in [1.54, 1.807) is 35.2 Å². The number of rotatable bonds is 3. The smallest absolute Gasteiger partial charge is 0.312 e. The van der Waals surface area contributed by atoms with E-state index in [2.05, 4.69) is 5.32 Å². The van der Waals surface area contributed by atoms with Gasteiger partial charge in [-0.1, -0.05) is 11.6 Å². The SMILES string of the molecule is CC(=O)N1CCc2cc(S(=O)(=O)NC(=O)Nc3ccc(Cl)cc3)ccc21. The maximum Gasteiger partial charge on any atom is 0.333 e. The third-order valence-electron chi connectivity index (χ3n) is 3.97. The van der Waals surface area contributed by atoms with E-state index in [9.17, 15) is 18.0 Å². The van der Waals surface area contributed by atoms with Crippen LogP contribution in [0.3, 0.4) is 0 Å². The lowest BCUT2D eigenvalue weighted by molar-refractivity contribution is -0.116. The van der Waals surface area contributed by atoms with Crippen molar-refractivity contribution < 1.29 is 18.0 Å². The van der Waals surface area contributed by atoms with E-state index >= 15 is 0 Å². The lowest BCUT2D eigenvalue weighted by atomic mass is 10.2. The van der Waals surface area contributed by atoms with Gasteiger partial charge in [0, 0.05) is 29.9 Å². The fraction of sp³-hybridized carbons (Fsp3) is 0.176. The summed E-state index contributed by atoms with van der Waals surface area (Å²) in [5, 5.41) is 2.93. The van der Waals surface area contributed by atoms with Gasteiger partial charge in [0.2, 0.25) is 5.91 Å². The molecule has 0 saturated carbocycles. The Morgan fingerprint density at radius 1 is 1.12 bits per heavy atom.